The number of halogens is 5. The molecule has 0 saturated heterocycles. The fourth-order valence-electron chi connectivity index (χ4n) is 2.78. The van der Waals surface area contributed by atoms with Crippen LogP contribution in [-0.2, 0) is 18.0 Å². The summed E-state index contributed by atoms with van der Waals surface area (Å²) in [6, 6.07) is 9.62. The highest BCUT2D eigenvalue weighted by Crippen LogP contribution is 2.35. The van der Waals surface area contributed by atoms with E-state index in [-0.39, 0.29) is 11.4 Å². The van der Waals surface area contributed by atoms with Gasteiger partial charge in [0, 0.05) is 12.1 Å². The topological polar surface area (TPSA) is 69.0 Å². The Morgan fingerprint density at radius 1 is 1.22 bits per heavy atom. The number of nitrogens with zero attached hydrogens (tertiary/aromatic N) is 3. The molecule has 32 heavy (non-hydrogen) atoms. The van der Waals surface area contributed by atoms with E-state index in [0.717, 1.165) is 17.8 Å². The summed E-state index contributed by atoms with van der Waals surface area (Å²) in [5.41, 5.74) is -1.21. The Bertz CT molecular complexity index is 1120. The lowest BCUT2D eigenvalue weighted by Gasteiger charge is -2.15. The third kappa shape index (κ3) is 5.87. The molecule has 0 bridgehead atoms. The number of carbonyl (C=O) groups excluding carboxylic acids is 1. The minimum Gasteiger partial charge on any atom is -0.481 e. The van der Waals surface area contributed by atoms with Gasteiger partial charge in [0.05, 0.1) is 22.0 Å². The van der Waals surface area contributed by atoms with Crippen molar-refractivity contribution in [2.45, 2.75) is 24.4 Å². The molecule has 3 aromatic rings. The van der Waals surface area contributed by atoms with E-state index < -0.39 is 23.8 Å². The number of para-hydroxylation sites is 1. The molecule has 6 nitrogen and oxygen atoms in total. The van der Waals surface area contributed by atoms with Gasteiger partial charge >= 0.3 is 6.18 Å². The molecule has 2 aromatic carbocycles. The van der Waals surface area contributed by atoms with Crippen molar-refractivity contribution in [2.24, 2.45) is 7.05 Å². The highest BCUT2D eigenvalue weighted by atomic mass is 35.5. The summed E-state index contributed by atoms with van der Waals surface area (Å²) in [6.07, 6.45) is -5.09. The molecule has 0 saturated carbocycles. The van der Waals surface area contributed by atoms with E-state index in [9.17, 15) is 18.0 Å². The summed E-state index contributed by atoms with van der Waals surface area (Å²) in [7, 11) is 1.69. The van der Waals surface area contributed by atoms with Gasteiger partial charge in [-0.15, -0.1) is 10.2 Å². The van der Waals surface area contributed by atoms with Crippen LogP contribution >= 0.6 is 35.0 Å². The number of alkyl halides is 3. The molecule has 0 radical (unpaired) electrons. The molecule has 0 spiro atoms. The van der Waals surface area contributed by atoms with Crippen LogP contribution in [0, 0.1) is 0 Å². The molecular formula is C20H17Cl2F3N4O2S. The number of thioether (sulfide) groups is 1. The SMILES string of the molecule is CC(Oc1ccc(Cl)cc1Cl)c1nnc(SCC(=O)Nc2ccccc2C(F)(F)F)n1C. The summed E-state index contributed by atoms with van der Waals surface area (Å²) in [6.45, 7) is 1.75. The Balaban J connectivity index is 1.63. The van der Waals surface area contributed by atoms with Crippen LogP contribution in [0.15, 0.2) is 47.6 Å². The number of amides is 1. The van der Waals surface area contributed by atoms with Gasteiger partial charge in [-0.25, -0.2) is 0 Å². The van der Waals surface area contributed by atoms with Crippen molar-refractivity contribution < 1.29 is 22.7 Å². The molecule has 12 heteroatoms. The average molecular weight is 505 g/mol. The summed E-state index contributed by atoms with van der Waals surface area (Å²) in [5.74, 6) is 0.134. The van der Waals surface area contributed by atoms with Crippen LogP contribution in [0.2, 0.25) is 10.0 Å². The molecule has 1 amide bonds. The first-order valence-electron chi connectivity index (χ1n) is 9.16. The second-order valence-electron chi connectivity index (χ2n) is 6.61. The molecule has 1 unspecified atom stereocenters. The van der Waals surface area contributed by atoms with Crippen molar-refractivity contribution in [3.8, 4) is 5.75 Å². The Morgan fingerprint density at radius 2 is 1.94 bits per heavy atom. The van der Waals surface area contributed by atoms with Crippen molar-refractivity contribution >= 4 is 46.6 Å². The van der Waals surface area contributed by atoms with Gasteiger partial charge in [0.15, 0.2) is 17.1 Å². The van der Waals surface area contributed by atoms with Gasteiger partial charge in [-0.2, -0.15) is 13.2 Å². The monoisotopic (exact) mass is 504 g/mol. The number of hydrogen-bond donors (Lipinski definition) is 1. The molecule has 0 fully saturated rings. The number of hydrogen-bond acceptors (Lipinski definition) is 5. The molecular weight excluding hydrogens is 488 g/mol. The fraction of sp³-hybridized carbons (Fsp3) is 0.250. The fourth-order valence-corrected chi connectivity index (χ4v) is 3.95. The molecule has 170 valence electrons. The van der Waals surface area contributed by atoms with Gasteiger partial charge in [0.2, 0.25) is 5.91 Å². The van der Waals surface area contributed by atoms with E-state index in [1.807, 2.05) is 0 Å². The third-order valence-electron chi connectivity index (χ3n) is 4.27. The van der Waals surface area contributed by atoms with Crippen LogP contribution in [0.1, 0.15) is 24.4 Å². The molecule has 0 aliphatic rings. The summed E-state index contributed by atoms with van der Waals surface area (Å²) in [4.78, 5) is 12.2. The quantitative estimate of drug-likeness (QED) is 0.399. The molecule has 1 N–H and O–H groups in total. The van der Waals surface area contributed by atoms with Crippen molar-refractivity contribution in [2.75, 3.05) is 11.1 Å². The summed E-state index contributed by atoms with van der Waals surface area (Å²) >= 11 is 13.0. The van der Waals surface area contributed by atoms with Crippen LogP contribution in [0.4, 0.5) is 18.9 Å². The minimum absolute atomic E-state index is 0.156. The van der Waals surface area contributed by atoms with Gasteiger partial charge < -0.3 is 14.6 Å². The van der Waals surface area contributed by atoms with Crippen molar-refractivity contribution in [1.29, 1.82) is 0 Å². The maximum Gasteiger partial charge on any atom is 0.418 e. The van der Waals surface area contributed by atoms with E-state index in [4.69, 9.17) is 27.9 Å². The standard InChI is InChI=1S/C20H17Cl2F3N4O2S/c1-11(31-16-8-7-12(21)9-14(16)22)18-27-28-19(29(18)2)32-10-17(30)26-15-6-4-3-5-13(15)20(23,24)25/h3-9,11H,10H2,1-2H3,(H,26,30). The zero-order valence-corrected chi connectivity index (χ0v) is 19.1. The highest BCUT2D eigenvalue weighted by Gasteiger charge is 2.33. The highest BCUT2D eigenvalue weighted by molar-refractivity contribution is 7.99. The molecule has 1 aromatic heterocycles. The lowest BCUT2D eigenvalue weighted by molar-refractivity contribution is -0.137. The number of rotatable bonds is 7. The molecule has 0 aliphatic carbocycles. The zero-order valence-electron chi connectivity index (χ0n) is 16.8. The Kier molecular flexibility index (Phi) is 7.58. The van der Waals surface area contributed by atoms with Gasteiger partial charge in [-0.3, -0.25) is 4.79 Å². The van der Waals surface area contributed by atoms with E-state index >= 15 is 0 Å². The van der Waals surface area contributed by atoms with Gasteiger partial charge in [-0.1, -0.05) is 47.1 Å². The number of carbonyl (C=O) groups is 1. The van der Waals surface area contributed by atoms with E-state index in [1.54, 1.807) is 36.7 Å². The van der Waals surface area contributed by atoms with E-state index in [0.29, 0.717) is 26.8 Å². The van der Waals surface area contributed by atoms with Gasteiger partial charge in [0.25, 0.3) is 0 Å². The first-order chi connectivity index (χ1) is 15.1. The first-order valence-corrected chi connectivity index (χ1v) is 10.9. The average Bonchev–Trinajstić information content (AvgIpc) is 3.08. The van der Waals surface area contributed by atoms with Crippen molar-refractivity contribution in [1.82, 2.24) is 14.8 Å². The van der Waals surface area contributed by atoms with Crippen LogP contribution in [0.5, 0.6) is 5.75 Å². The predicted molar refractivity (Wildman–Crippen MR) is 117 cm³/mol. The largest absolute Gasteiger partial charge is 0.481 e. The normalized spacial score (nSPS) is 12.5. The van der Waals surface area contributed by atoms with Crippen molar-refractivity contribution in [3.63, 3.8) is 0 Å². The minimum atomic E-state index is -4.57. The predicted octanol–water partition coefficient (Wildman–Crippen LogP) is 6.01. The zero-order chi connectivity index (χ0) is 23.5. The van der Waals surface area contributed by atoms with Crippen LogP contribution in [0.3, 0.4) is 0 Å². The van der Waals surface area contributed by atoms with Crippen LogP contribution in [0.25, 0.3) is 0 Å². The second-order valence-corrected chi connectivity index (χ2v) is 8.40. The smallest absolute Gasteiger partial charge is 0.418 e. The Hall–Kier alpha value is -2.43. The van der Waals surface area contributed by atoms with Gasteiger partial charge in [-0.05, 0) is 37.3 Å². The number of anilines is 1. The Morgan fingerprint density at radius 3 is 2.62 bits per heavy atom. The molecule has 3 rings (SSSR count). The molecule has 1 heterocycles. The number of ether oxygens (including phenoxy) is 1. The van der Waals surface area contributed by atoms with Gasteiger partial charge in [0.1, 0.15) is 5.75 Å². The third-order valence-corrected chi connectivity index (χ3v) is 5.82. The van der Waals surface area contributed by atoms with E-state index in [1.165, 1.54) is 18.2 Å². The Labute approximate surface area is 196 Å². The number of benzene rings is 2. The van der Waals surface area contributed by atoms with Crippen LogP contribution in [-0.4, -0.2) is 26.4 Å². The summed E-state index contributed by atoms with van der Waals surface area (Å²) < 4.78 is 46.7. The molecule has 0 aliphatic heterocycles. The number of aromatic nitrogens is 3. The van der Waals surface area contributed by atoms with E-state index in [2.05, 4.69) is 15.5 Å². The second kappa shape index (κ2) is 10.0. The van der Waals surface area contributed by atoms with Crippen molar-refractivity contribution in [3.05, 3.63) is 63.9 Å². The summed E-state index contributed by atoms with van der Waals surface area (Å²) in [5, 5.41) is 11.6. The first kappa shape index (κ1) is 24.2. The van der Waals surface area contributed by atoms with Crippen LogP contribution < -0.4 is 10.1 Å². The maximum atomic E-state index is 13.1. The maximum absolute atomic E-state index is 13.1. The lowest BCUT2D eigenvalue weighted by atomic mass is 10.1. The lowest BCUT2D eigenvalue weighted by Crippen LogP contribution is -2.18. The number of nitrogens with one attached hydrogen (secondary N) is 1. The molecule has 1 atom stereocenters.